The minimum Gasteiger partial charge on any atom is -0.208 e. The smallest absolute Gasteiger partial charge is 0.164 e. The van der Waals surface area contributed by atoms with Crippen LogP contribution in [0.1, 0.15) is 58.4 Å². The predicted octanol–water partition coefficient (Wildman–Crippen LogP) is 12.4. The highest BCUT2D eigenvalue weighted by Gasteiger charge is 2.38. The first-order valence-corrected chi connectivity index (χ1v) is 17.9. The summed E-state index contributed by atoms with van der Waals surface area (Å²) in [6, 6.07) is 41.9. The van der Waals surface area contributed by atoms with E-state index < -0.39 is 0 Å². The van der Waals surface area contributed by atoms with Crippen LogP contribution >= 0.6 is 0 Å². The maximum Gasteiger partial charge on any atom is 0.164 e. The van der Waals surface area contributed by atoms with Crippen LogP contribution < -0.4 is 0 Å². The lowest BCUT2D eigenvalue weighted by molar-refractivity contribution is 0.661. The van der Waals surface area contributed by atoms with E-state index in [0.29, 0.717) is 17.5 Å². The van der Waals surface area contributed by atoms with E-state index in [-0.39, 0.29) is 5.41 Å². The highest BCUT2D eigenvalue weighted by molar-refractivity contribution is 5.95. The van der Waals surface area contributed by atoms with Gasteiger partial charge in [0.15, 0.2) is 17.5 Å². The van der Waals surface area contributed by atoms with E-state index in [1.54, 1.807) is 0 Å². The third-order valence-corrected chi connectivity index (χ3v) is 10.7. The van der Waals surface area contributed by atoms with Gasteiger partial charge in [-0.25, -0.2) is 15.0 Å². The molecule has 3 heteroatoms. The van der Waals surface area contributed by atoms with Gasteiger partial charge >= 0.3 is 0 Å². The Labute approximate surface area is 302 Å². The molecule has 1 aromatic heterocycles. The van der Waals surface area contributed by atoms with E-state index >= 15 is 0 Å². The minimum atomic E-state index is -0.248. The quantitative estimate of drug-likeness (QED) is 0.184. The first-order chi connectivity index (χ1) is 24.5. The number of fused-ring (bicyclic) bond motifs is 3. The molecule has 0 atom stereocenters. The molecule has 0 N–H and O–H groups in total. The van der Waals surface area contributed by atoms with Gasteiger partial charge in [0.25, 0.3) is 0 Å². The molecule has 7 aromatic rings. The molecular weight excluding hydrogens is 619 g/mol. The molecule has 0 fully saturated rings. The number of aryl methyl sites for hydroxylation is 6. The zero-order valence-corrected chi connectivity index (χ0v) is 30.8. The number of rotatable bonds is 5. The first-order valence-electron chi connectivity index (χ1n) is 17.9. The summed E-state index contributed by atoms with van der Waals surface area (Å²) < 4.78 is 0. The molecule has 0 bridgehead atoms. The van der Waals surface area contributed by atoms with E-state index in [4.69, 9.17) is 15.0 Å². The van der Waals surface area contributed by atoms with Crippen LogP contribution in [0.3, 0.4) is 0 Å². The van der Waals surface area contributed by atoms with Gasteiger partial charge < -0.3 is 0 Å². The van der Waals surface area contributed by atoms with Crippen molar-refractivity contribution in [3.05, 3.63) is 160 Å². The molecule has 0 unspecified atom stereocenters. The normalized spacial score (nSPS) is 12.9. The second-order valence-corrected chi connectivity index (χ2v) is 14.9. The number of benzene rings is 6. The first kappa shape index (κ1) is 32.5. The van der Waals surface area contributed by atoms with Gasteiger partial charge in [0.05, 0.1) is 0 Å². The van der Waals surface area contributed by atoms with Crippen molar-refractivity contribution in [2.45, 2.75) is 60.8 Å². The molecule has 3 nitrogen and oxygen atoms in total. The summed E-state index contributed by atoms with van der Waals surface area (Å²) in [5.74, 6) is 2.11. The van der Waals surface area contributed by atoms with Crippen molar-refractivity contribution in [3.63, 3.8) is 0 Å². The van der Waals surface area contributed by atoms with E-state index in [2.05, 4.69) is 171 Å². The fourth-order valence-electron chi connectivity index (χ4n) is 8.42. The van der Waals surface area contributed by atoms with E-state index in [0.717, 1.165) is 44.5 Å². The molecule has 0 aliphatic heterocycles. The highest BCUT2D eigenvalue weighted by Crippen LogP contribution is 2.54. The Morgan fingerprint density at radius 1 is 0.373 bits per heavy atom. The van der Waals surface area contributed by atoms with Crippen molar-refractivity contribution >= 4 is 0 Å². The van der Waals surface area contributed by atoms with E-state index in [1.165, 1.54) is 50.1 Å². The van der Waals surface area contributed by atoms with E-state index in [9.17, 15) is 0 Å². The number of nitrogens with zero attached hydrogens (tertiary/aromatic N) is 3. The molecule has 0 spiro atoms. The standard InChI is InChI=1S/C48H43N3/c1-28-21-30(3)42(31(4)22-28)46-49-45(50-47(51-46)43-32(5)23-29(2)24-33(43)6)39-25-37(35-17-13-10-14-18-35)27-41-44(39)38-20-19-36(26-40(38)48(41,7)8)34-15-11-9-12-16-34/h9-27H,1-8H3. The number of hydrogen-bond donors (Lipinski definition) is 0. The summed E-state index contributed by atoms with van der Waals surface area (Å²) in [5.41, 5.74) is 19.8. The van der Waals surface area contributed by atoms with Crippen molar-refractivity contribution in [1.29, 1.82) is 0 Å². The van der Waals surface area contributed by atoms with Crippen molar-refractivity contribution < 1.29 is 0 Å². The van der Waals surface area contributed by atoms with Crippen LogP contribution in [0.4, 0.5) is 0 Å². The third-order valence-electron chi connectivity index (χ3n) is 10.7. The number of aromatic nitrogens is 3. The molecule has 8 rings (SSSR count). The van der Waals surface area contributed by atoms with Crippen LogP contribution in [0.25, 0.3) is 67.5 Å². The third kappa shape index (κ3) is 5.58. The summed E-state index contributed by atoms with van der Waals surface area (Å²) in [6.07, 6.45) is 0. The monoisotopic (exact) mass is 661 g/mol. The van der Waals surface area contributed by atoms with E-state index in [1.807, 2.05) is 0 Å². The Morgan fingerprint density at radius 3 is 1.33 bits per heavy atom. The topological polar surface area (TPSA) is 38.7 Å². The Morgan fingerprint density at radius 2 is 0.824 bits per heavy atom. The average Bonchev–Trinajstić information content (AvgIpc) is 3.33. The molecule has 1 aliphatic carbocycles. The molecule has 0 radical (unpaired) electrons. The highest BCUT2D eigenvalue weighted by atomic mass is 15.0. The fraction of sp³-hybridized carbons (Fsp3) is 0.188. The van der Waals surface area contributed by atoms with Crippen molar-refractivity contribution in [3.8, 4) is 67.5 Å². The Hall–Kier alpha value is -5.67. The average molecular weight is 662 g/mol. The zero-order chi connectivity index (χ0) is 35.6. The molecule has 0 saturated heterocycles. The SMILES string of the molecule is Cc1cc(C)c(-c2nc(-c3cc(-c4ccccc4)cc4c3-c3ccc(-c5ccccc5)cc3C4(C)C)nc(-c3c(C)cc(C)cc3C)n2)c(C)c1. The summed E-state index contributed by atoms with van der Waals surface area (Å²) in [4.78, 5) is 16.1. The van der Waals surface area contributed by atoms with Gasteiger partial charge in [-0.2, -0.15) is 0 Å². The van der Waals surface area contributed by atoms with Gasteiger partial charge in [-0.1, -0.05) is 122 Å². The molecule has 0 saturated carbocycles. The van der Waals surface area contributed by atoms with Crippen LogP contribution in [0.15, 0.2) is 115 Å². The van der Waals surface area contributed by atoms with Crippen molar-refractivity contribution in [2.24, 2.45) is 0 Å². The Kier molecular flexibility index (Phi) is 7.83. The maximum absolute atomic E-state index is 5.40. The van der Waals surface area contributed by atoms with Gasteiger partial charge in [0.1, 0.15) is 0 Å². The molecule has 0 amide bonds. The van der Waals surface area contributed by atoms with Crippen molar-refractivity contribution in [2.75, 3.05) is 0 Å². The number of hydrogen-bond acceptors (Lipinski definition) is 3. The summed E-state index contributed by atoms with van der Waals surface area (Å²) in [6.45, 7) is 17.7. The zero-order valence-electron chi connectivity index (χ0n) is 30.8. The van der Waals surface area contributed by atoms with Gasteiger partial charge in [-0.3, -0.25) is 0 Å². The second-order valence-electron chi connectivity index (χ2n) is 14.9. The summed E-state index contributed by atoms with van der Waals surface area (Å²) in [5, 5.41) is 0. The van der Waals surface area contributed by atoms with Crippen molar-refractivity contribution in [1.82, 2.24) is 15.0 Å². The molecule has 250 valence electrons. The molecule has 1 aliphatic rings. The maximum atomic E-state index is 5.40. The predicted molar refractivity (Wildman–Crippen MR) is 213 cm³/mol. The molecular formula is C48H43N3. The van der Waals surface area contributed by atoms with Crippen LogP contribution in [-0.4, -0.2) is 15.0 Å². The Balaban J connectivity index is 1.46. The van der Waals surface area contributed by atoms with Crippen LogP contribution in [0.2, 0.25) is 0 Å². The van der Waals surface area contributed by atoms with Crippen LogP contribution in [0, 0.1) is 41.5 Å². The Bertz CT molecular complexity index is 2370. The summed E-state index contributed by atoms with van der Waals surface area (Å²) in [7, 11) is 0. The lowest BCUT2D eigenvalue weighted by atomic mass is 9.80. The largest absolute Gasteiger partial charge is 0.208 e. The molecule has 51 heavy (non-hydrogen) atoms. The summed E-state index contributed by atoms with van der Waals surface area (Å²) >= 11 is 0. The van der Waals surface area contributed by atoms with Gasteiger partial charge in [0.2, 0.25) is 0 Å². The minimum absolute atomic E-state index is 0.248. The van der Waals surface area contributed by atoms with Crippen LogP contribution in [-0.2, 0) is 5.41 Å². The van der Waals surface area contributed by atoms with Gasteiger partial charge in [-0.05, 0) is 127 Å². The van der Waals surface area contributed by atoms with Crippen LogP contribution in [0.5, 0.6) is 0 Å². The molecule has 1 heterocycles. The lowest BCUT2D eigenvalue weighted by Gasteiger charge is -2.23. The lowest BCUT2D eigenvalue weighted by Crippen LogP contribution is -2.15. The van der Waals surface area contributed by atoms with Gasteiger partial charge in [-0.15, -0.1) is 0 Å². The fourth-order valence-corrected chi connectivity index (χ4v) is 8.42. The molecule has 6 aromatic carbocycles. The second kappa shape index (κ2) is 12.3. The van der Waals surface area contributed by atoms with Gasteiger partial charge in [0, 0.05) is 22.1 Å².